The topological polar surface area (TPSA) is 72.7 Å². The molecule has 2 saturated heterocycles. The minimum absolute atomic E-state index is 0.0463. The van der Waals surface area contributed by atoms with Crippen LogP contribution in [0.5, 0.6) is 5.88 Å². The number of carbonyl (C=O) groups excluding carboxylic acids is 1. The van der Waals surface area contributed by atoms with Gasteiger partial charge in [0.2, 0.25) is 17.7 Å². The molecule has 2 aliphatic rings. The van der Waals surface area contributed by atoms with E-state index >= 15 is 4.39 Å². The number of hydrogen-bond donors (Lipinski definition) is 0. The molecule has 0 radical (unpaired) electrons. The molecule has 8 nitrogen and oxygen atoms in total. The fourth-order valence-corrected chi connectivity index (χ4v) is 6.81. The average molecular weight is 706 g/mol. The highest BCUT2D eigenvalue weighted by Gasteiger charge is 2.32. The lowest BCUT2D eigenvalue weighted by molar-refractivity contribution is -0.124. The van der Waals surface area contributed by atoms with Crippen molar-refractivity contribution in [2.45, 2.75) is 50.9 Å². The van der Waals surface area contributed by atoms with Gasteiger partial charge in [0.15, 0.2) is 6.23 Å². The minimum atomic E-state index is -4.52. The predicted octanol–water partition coefficient (Wildman–Crippen LogP) is 7.92. The number of rotatable bonds is 11. The second-order valence-electron chi connectivity index (χ2n) is 13.4. The highest BCUT2D eigenvalue weighted by molar-refractivity contribution is 6.00. The number of carbonyl (C=O) groups is 1. The standard InChI is InChI=1S/C39H43F4N5O3/c1-46(2)35(49)13-9-20-47-19-8-10-27(25-47)26-51-34-18-16-30(24-44-34)37(32(23-39(41,42)43)28-11-4-3-5-12-28)29-15-17-33-31(22-29)38(40)45-48(33)36-14-6-7-21-50-36/h3-5,9,11-13,15-18,22,24,27,36H,6-8,10,14,19-21,23,25-26H2,1-2H3/b13-9+,37-32-. The van der Waals surface area contributed by atoms with Crippen LogP contribution in [-0.4, -0.2) is 83.6 Å². The van der Waals surface area contributed by atoms with Crippen molar-refractivity contribution in [2.24, 2.45) is 5.92 Å². The summed E-state index contributed by atoms with van der Waals surface area (Å²) >= 11 is 0. The number of hydrogen-bond acceptors (Lipinski definition) is 6. The van der Waals surface area contributed by atoms with E-state index in [2.05, 4.69) is 15.0 Å². The van der Waals surface area contributed by atoms with Crippen molar-refractivity contribution >= 4 is 28.0 Å². The van der Waals surface area contributed by atoms with E-state index in [1.54, 1.807) is 80.8 Å². The number of fused-ring (bicyclic) bond motifs is 1. The van der Waals surface area contributed by atoms with Crippen molar-refractivity contribution in [2.75, 3.05) is 46.9 Å². The summed E-state index contributed by atoms with van der Waals surface area (Å²) in [5.41, 5.74) is 2.11. The number of aromatic nitrogens is 3. The number of alkyl halides is 3. The molecule has 2 aromatic heterocycles. The highest BCUT2D eigenvalue weighted by Crippen LogP contribution is 2.40. The maximum absolute atomic E-state index is 15.4. The summed E-state index contributed by atoms with van der Waals surface area (Å²) in [5, 5.41) is 4.33. The van der Waals surface area contributed by atoms with E-state index in [0.29, 0.717) is 59.8 Å². The molecule has 2 atom stereocenters. The van der Waals surface area contributed by atoms with Gasteiger partial charge >= 0.3 is 6.18 Å². The molecule has 51 heavy (non-hydrogen) atoms. The molecule has 1 amide bonds. The van der Waals surface area contributed by atoms with E-state index in [1.165, 1.54) is 15.8 Å². The summed E-state index contributed by atoms with van der Waals surface area (Å²) in [6.07, 6.45) is 3.41. The predicted molar refractivity (Wildman–Crippen MR) is 188 cm³/mol. The van der Waals surface area contributed by atoms with Gasteiger partial charge in [-0.1, -0.05) is 42.5 Å². The van der Waals surface area contributed by atoms with E-state index in [9.17, 15) is 18.0 Å². The number of benzene rings is 2. The summed E-state index contributed by atoms with van der Waals surface area (Å²) in [6.45, 7) is 3.41. The van der Waals surface area contributed by atoms with Gasteiger partial charge < -0.3 is 14.4 Å². The maximum Gasteiger partial charge on any atom is 0.393 e. The van der Waals surface area contributed by atoms with Crippen molar-refractivity contribution in [1.29, 1.82) is 0 Å². The molecule has 0 spiro atoms. The number of likely N-dealkylation sites (N-methyl/N-ethyl adjacent to an activating group) is 1. The lowest BCUT2D eigenvalue weighted by Crippen LogP contribution is -2.37. The van der Waals surface area contributed by atoms with E-state index in [1.807, 2.05) is 6.08 Å². The normalized spacial score (nSPS) is 19.3. The Morgan fingerprint density at radius 2 is 1.82 bits per heavy atom. The SMILES string of the molecule is CN(C)C(=O)/C=C/CN1CCCC(COc2ccc(/C(=C(/CC(F)(F)F)c3ccccc3)c3ccc4c(c3)c(F)nn4C3CCCCO3)cn2)C1. The van der Waals surface area contributed by atoms with Gasteiger partial charge in [-0.3, -0.25) is 9.69 Å². The van der Waals surface area contributed by atoms with Crippen LogP contribution in [0.25, 0.3) is 22.0 Å². The van der Waals surface area contributed by atoms with Gasteiger partial charge in [-0.25, -0.2) is 9.67 Å². The molecule has 12 heteroatoms. The van der Waals surface area contributed by atoms with Gasteiger partial charge in [0.25, 0.3) is 0 Å². The Hall–Kier alpha value is -4.55. The Morgan fingerprint density at radius 3 is 2.53 bits per heavy atom. The smallest absolute Gasteiger partial charge is 0.393 e. The van der Waals surface area contributed by atoms with E-state index < -0.39 is 24.8 Å². The molecular formula is C39H43F4N5O3. The Balaban J connectivity index is 1.28. The molecule has 2 aliphatic heterocycles. The zero-order valence-corrected chi connectivity index (χ0v) is 28.9. The van der Waals surface area contributed by atoms with Crippen LogP contribution in [0, 0.1) is 11.9 Å². The van der Waals surface area contributed by atoms with E-state index in [0.717, 1.165) is 38.8 Å². The number of nitrogens with zero attached hydrogens (tertiary/aromatic N) is 5. The number of pyridine rings is 1. The average Bonchev–Trinajstić information content (AvgIpc) is 3.46. The first-order valence-electron chi connectivity index (χ1n) is 17.4. The number of amides is 1. The Bertz CT molecular complexity index is 1850. The molecule has 0 saturated carbocycles. The quantitative estimate of drug-likeness (QED) is 0.0898. The van der Waals surface area contributed by atoms with Crippen LogP contribution >= 0.6 is 0 Å². The largest absolute Gasteiger partial charge is 0.477 e. The van der Waals surface area contributed by atoms with Crippen LogP contribution in [-0.2, 0) is 9.53 Å². The van der Waals surface area contributed by atoms with Crippen LogP contribution in [0.3, 0.4) is 0 Å². The molecule has 4 heterocycles. The molecule has 2 unspecified atom stereocenters. The molecule has 0 aliphatic carbocycles. The van der Waals surface area contributed by atoms with Crippen LogP contribution in [0.2, 0.25) is 0 Å². The third-order valence-electron chi connectivity index (χ3n) is 9.34. The van der Waals surface area contributed by atoms with Gasteiger partial charge in [-0.15, -0.1) is 5.10 Å². The van der Waals surface area contributed by atoms with Gasteiger partial charge in [-0.2, -0.15) is 17.6 Å². The molecule has 4 aromatic rings. The Kier molecular flexibility index (Phi) is 11.5. The number of ether oxygens (including phenoxy) is 2. The summed E-state index contributed by atoms with van der Waals surface area (Å²) < 4.78 is 71.6. The first kappa shape index (κ1) is 36.2. The van der Waals surface area contributed by atoms with Crippen molar-refractivity contribution in [1.82, 2.24) is 24.6 Å². The van der Waals surface area contributed by atoms with Crippen molar-refractivity contribution < 1.29 is 31.8 Å². The van der Waals surface area contributed by atoms with Gasteiger partial charge in [0.05, 0.1) is 23.9 Å². The summed E-state index contributed by atoms with van der Waals surface area (Å²) in [7, 11) is 3.43. The number of halogens is 4. The van der Waals surface area contributed by atoms with Crippen LogP contribution < -0.4 is 4.74 Å². The van der Waals surface area contributed by atoms with Gasteiger partial charge in [-0.05, 0) is 79.1 Å². The monoisotopic (exact) mass is 705 g/mol. The minimum Gasteiger partial charge on any atom is -0.477 e. The highest BCUT2D eigenvalue weighted by atomic mass is 19.4. The first-order valence-corrected chi connectivity index (χ1v) is 17.4. The van der Waals surface area contributed by atoms with Crippen molar-refractivity contribution in [3.05, 3.63) is 102 Å². The Morgan fingerprint density at radius 1 is 1.02 bits per heavy atom. The zero-order valence-electron chi connectivity index (χ0n) is 28.9. The number of likely N-dealkylation sites (tertiary alicyclic amines) is 1. The lowest BCUT2D eigenvalue weighted by Gasteiger charge is -2.31. The summed E-state index contributed by atoms with van der Waals surface area (Å²) in [6, 6.07) is 16.8. The third kappa shape index (κ3) is 9.22. The van der Waals surface area contributed by atoms with Gasteiger partial charge in [0.1, 0.15) is 0 Å². The van der Waals surface area contributed by atoms with Crippen LogP contribution in [0.4, 0.5) is 17.6 Å². The second kappa shape index (κ2) is 16.2. The molecule has 0 bridgehead atoms. The summed E-state index contributed by atoms with van der Waals surface area (Å²) in [5.74, 6) is -0.147. The van der Waals surface area contributed by atoms with E-state index in [-0.39, 0.29) is 22.8 Å². The number of allylic oxidation sites excluding steroid dienone is 1. The van der Waals surface area contributed by atoms with Crippen LogP contribution in [0.1, 0.15) is 61.4 Å². The fraction of sp³-hybridized carbons (Fsp3) is 0.410. The third-order valence-corrected chi connectivity index (χ3v) is 9.34. The second-order valence-corrected chi connectivity index (χ2v) is 13.4. The fourth-order valence-electron chi connectivity index (χ4n) is 6.81. The maximum atomic E-state index is 15.4. The van der Waals surface area contributed by atoms with Crippen molar-refractivity contribution in [3.63, 3.8) is 0 Å². The van der Waals surface area contributed by atoms with Gasteiger partial charge in [0, 0.05) is 63.6 Å². The zero-order chi connectivity index (χ0) is 36.0. The number of piperidine rings is 1. The molecule has 0 N–H and O–H groups in total. The van der Waals surface area contributed by atoms with Crippen LogP contribution in [0.15, 0.2) is 79.0 Å². The summed E-state index contributed by atoms with van der Waals surface area (Å²) in [4.78, 5) is 20.2. The molecule has 2 aromatic carbocycles. The van der Waals surface area contributed by atoms with Crippen molar-refractivity contribution in [3.8, 4) is 5.88 Å². The molecule has 2 fully saturated rings. The molecular weight excluding hydrogens is 662 g/mol. The van der Waals surface area contributed by atoms with E-state index in [4.69, 9.17) is 9.47 Å². The Labute approximate surface area is 295 Å². The lowest BCUT2D eigenvalue weighted by atomic mass is 9.88. The molecule has 270 valence electrons. The first-order chi connectivity index (χ1) is 24.6. The molecule has 6 rings (SSSR count).